The van der Waals surface area contributed by atoms with Crippen LogP contribution in [-0.4, -0.2) is 65.7 Å². The van der Waals surface area contributed by atoms with Gasteiger partial charge in [-0.25, -0.2) is 0 Å². The van der Waals surface area contributed by atoms with E-state index in [0.717, 1.165) is 11.1 Å². The van der Waals surface area contributed by atoms with Crippen LogP contribution in [-0.2, 0) is 42.4 Å². The van der Waals surface area contributed by atoms with Crippen LogP contribution < -0.4 is 10.2 Å². The number of benzene rings is 2. The second kappa shape index (κ2) is 13.7. The highest BCUT2D eigenvalue weighted by atomic mass is 32.3. The Bertz CT molecular complexity index is 1130. The second-order valence-electron chi connectivity index (χ2n) is 7.98. The first-order chi connectivity index (χ1) is 17.0. The van der Waals surface area contributed by atoms with Crippen LogP contribution in [0, 0.1) is 0 Å². The van der Waals surface area contributed by atoms with Crippen molar-refractivity contribution in [1.29, 1.82) is 0 Å². The number of aryl methyl sites for hydroxylation is 2. The van der Waals surface area contributed by atoms with Gasteiger partial charge in [-0.1, -0.05) is 48.5 Å². The maximum atomic E-state index is 13.3. The average Bonchev–Trinajstić information content (AvgIpc) is 2.93. The van der Waals surface area contributed by atoms with E-state index < -0.39 is 41.0 Å². The summed E-state index contributed by atoms with van der Waals surface area (Å²) in [4.78, 5) is 38.6. The molecule has 0 saturated carbocycles. The Balaban J connectivity index is 0.000000830. The van der Waals surface area contributed by atoms with Gasteiger partial charge in [-0.3, -0.25) is 33.7 Å². The third-order valence-electron chi connectivity index (χ3n) is 5.38. The molecule has 2 aromatic rings. The van der Waals surface area contributed by atoms with Gasteiger partial charge in [-0.05, 0) is 49.8 Å². The predicted octanol–water partition coefficient (Wildman–Crippen LogP) is 1.92. The highest BCUT2D eigenvalue weighted by Gasteiger charge is 2.34. The lowest BCUT2D eigenvalue weighted by atomic mass is 10.0. The SMILES string of the molecule is CCOC(=O)C(CCc1ccccc1)N[C@H]1CCc2ccccc2N(CC(=O)O)C1=O.O=S(=O)(O)O. The number of carboxylic acid groups (broad SMARTS) is 1. The molecule has 1 unspecified atom stereocenters. The molecule has 4 N–H and O–H groups in total. The number of amides is 1. The zero-order valence-corrected chi connectivity index (χ0v) is 20.6. The summed E-state index contributed by atoms with van der Waals surface area (Å²) in [7, 11) is -4.67. The number of aliphatic carboxylic acids is 1. The van der Waals surface area contributed by atoms with Crippen molar-refractivity contribution >= 4 is 33.9 Å². The Kier molecular flexibility index (Phi) is 11.0. The number of esters is 1. The zero-order valence-electron chi connectivity index (χ0n) is 19.7. The quantitative estimate of drug-likeness (QED) is 0.282. The molecule has 0 aromatic heterocycles. The number of nitrogens with zero attached hydrogens (tertiary/aromatic N) is 1. The number of nitrogens with one attached hydrogen (secondary N) is 1. The Morgan fingerprint density at radius 2 is 1.72 bits per heavy atom. The number of para-hydroxylation sites is 1. The molecule has 11 nitrogen and oxygen atoms in total. The van der Waals surface area contributed by atoms with Crippen LogP contribution in [0.1, 0.15) is 30.9 Å². The maximum Gasteiger partial charge on any atom is 0.394 e. The minimum Gasteiger partial charge on any atom is -0.480 e. The number of hydrogen-bond donors (Lipinski definition) is 4. The Hall–Kier alpha value is -3.32. The molecule has 0 fully saturated rings. The highest BCUT2D eigenvalue weighted by Crippen LogP contribution is 2.27. The summed E-state index contributed by atoms with van der Waals surface area (Å²) in [6, 6.07) is 15.8. The van der Waals surface area contributed by atoms with Crippen LogP contribution in [0.3, 0.4) is 0 Å². The molecule has 0 aliphatic carbocycles. The molecular weight excluding hydrogens is 492 g/mol. The lowest BCUT2D eigenvalue weighted by Gasteiger charge is -2.27. The average molecular weight is 523 g/mol. The molecule has 1 aliphatic rings. The van der Waals surface area contributed by atoms with Crippen LogP contribution >= 0.6 is 0 Å². The standard InChI is InChI=1S/C24H28N2O5.H2O4S/c1-2-31-24(30)20(14-12-17-8-4-3-5-9-17)25-19-15-13-18-10-6-7-11-21(18)26(23(19)29)16-22(27)28;1-5(2,3)4/h3-11,19-20,25H,2,12-16H2,1H3,(H,27,28);(H2,1,2,3,4)/t19-,20?;/m0./s1. The fourth-order valence-electron chi connectivity index (χ4n) is 3.88. The predicted molar refractivity (Wildman–Crippen MR) is 131 cm³/mol. The lowest BCUT2D eigenvalue weighted by Crippen LogP contribution is -2.53. The number of hydrogen-bond acceptors (Lipinski definition) is 7. The Morgan fingerprint density at radius 1 is 1.11 bits per heavy atom. The van der Waals surface area contributed by atoms with Crippen LogP contribution in [0.25, 0.3) is 0 Å². The minimum absolute atomic E-state index is 0.248. The summed E-state index contributed by atoms with van der Waals surface area (Å²) in [6.45, 7) is 1.56. The molecule has 2 aromatic carbocycles. The van der Waals surface area contributed by atoms with Crippen molar-refractivity contribution in [2.75, 3.05) is 18.1 Å². The van der Waals surface area contributed by atoms with Crippen LogP contribution in [0.5, 0.6) is 0 Å². The van der Waals surface area contributed by atoms with Gasteiger partial charge in [0.05, 0.1) is 12.6 Å². The third kappa shape index (κ3) is 9.74. The van der Waals surface area contributed by atoms with E-state index in [4.69, 9.17) is 22.3 Å². The largest absolute Gasteiger partial charge is 0.480 e. The number of rotatable bonds is 9. The monoisotopic (exact) mass is 522 g/mol. The van der Waals surface area contributed by atoms with E-state index in [2.05, 4.69) is 5.32 Å². The number of carbonyl (C=O) groups is 3. The van der Waals surface area contributed by atoms with Crippen molar-refractivity contribution in [1.82, 2.24) is 5.32 Å². The smallest absolute Gasteiger partial charge is 0.394 e. The second-order valence-corrected chi connectivity index (χ2v) is 8.88. The normalized spacial score (nSPS) is 16.1. The summed E-state index contributed by atoms with van der Waals surface area (Å²) in [5, 5.41) is 12.5. The number of ether oxygens (including phenoxy) is 1. The fraction of sp³-hybridized carbons (Fsp3) is 0.375. The zero-order chi connectivity index (χ0) is 26.7. The van der Waals surface area contributed by atoms with Crippen molar-refractivity contribution in [2.24, 2.45) is 0 Å². The van der Waals surface area contributed by atoms with Gasteiger partial charge in [0.2, 0.25) is 5.91 Å². The van der Waals surface area contributed by atoms with E-state index in [9.17, 15) is 19.5 Å². The van der Waals surface area contributed by atoms with Crippen molar-refractivity contribution in [3.05, 3.63) is 65.7 Å². The molecule has 0 spiro atoms. The maximum absolute atomic E-state index is 13.3. The van der Waals surface area contributed by atoms with Crippen LogP contribution in [0.15, 0.2) is 54.6 Å². The van der Waals surface area contributed by atoms with Gasteiger partial charge in [0, 0.05) is 5.69 Å². The molecule has 196 valence electrons. The summed E-state index contributed by atoms with van der Waals surface area (Å²) >= 11 is 0. The van der Waals surface area contributed by atoms with E-state index in [1.165, 1.54) is 4.90 Å². The van der Waals surface area contributed by atoms with Gasteiger partial charge in [0.25, 0.3) is 0 Å². The van der Waals surface area contributed by atoms with E-state index in [1.54, 1.807) is 19.1 Å². The van der Waals surface area contributed by atoms with E-state index in [1.807, 2.05) is 42.5 Å². The van der Waals surface area contributed by atoms with Crippen molar-refractivity contribution in [2.45, 2.75) is 44.7 Å². The van der Waals surface area contributed by atoms with Gasteiger partial charge < -0.3 is 9.84 Å². The van der Waals surface area contributed by atoms with Crippen LogP contribution in [0.2, 0.25) is 0 Å². The summed E-state index contributed by atoms with van der Waals surface area (Å²) in [6.07, 6.45) is 2.19. The first kappa shape index (κ1) is 28.9. The Morgan fingerprint density at radius 3 is 2.33 bits per heavy atom. The van der Waals surface area contributed by atoms with E-state index in [0.29, 0.717) is 31.4 Å². The molecule has 0 bridgehead atoms. The first-order valence-corrected chi connectivity index (χ1v) is 12.7. The fourth-order valence-corrected chi connectivity index (χ4v) is 3.88. The molecule has 1 heterocycles. The molecule has 1 amide bonds. The molecule has 1 aliphatic heterocycles. The molecule has 3 rings (SSSR count). The summed E-state index contributed by atoms with van der Waals surface area (Å²) in [5.41, 5.74) is 2.61. The minimum atomic E-state index is -4.67. The summed E-state index contributed by atoms with van der Waals surface area (Å²) < 4.78 is 36.8. The number of carbonyl (C=O) groups excluding carboxylic acids is 2. The molecule has 0 saturated heterocycles. The van der Waals surface area contributed by atoms with Gasteiger partial charge in [0.15, 0.2) is 0 Å². The molecule has 2 atom stereocenters. The van der Waals surface area contributed by atoms with Crippen LogP contribution in [0.4, 0.5) is 5.69 Å². The van der Waals surface area contributed by atoms with Gasteiger partial charge >= 0.3 is 22.3 Å². The number of fused-ring (bicyclic) bond motifs is 1. The highest BCUT2D eigenvalue weighted by molar-refractivity contribution is 7.79. The summed E-state index contributed by atoms with van der Waals surface area (Å²) in [5.74, 6) is -1.84. The molecule has 12 heteroatoms. The molecular formula is C24H30N2O9S. The van der Waals surface area contributed by atoms with Gasteiger partial charge in [0.1, 0.15) is 12.6 Å². The molecule has 0 radical (unpaired) electrons. The van der Waals surface area contributed by atoms with Crippen molar-refractivity contribution < 1.29 is 41.8 Å². The lowest BCUT2D eigenvalue weighted by molar-refractivity contribution is -0.146. The number of anilines is 1. The number of carboxylic acids is 1. The first-order valence-electron chi connectivity index (χ1n) is 11.3. The van der Waals surface area contributed by atoms with Gasteiger partial charge in [-0.2, -0.15) is 8.42 Å². The van der Waals surface area contributed by atoms with Crippen molar-refractivity contribution in [3.63, 3.8) is 0 Å². The topological polar surface area (TPSA) is 171 Å². The van der Waals surface area contributed by atoms with Gasteiger partial charge in [-0.15, -0.1) is 0 Å². The molecule has 36 heavy (non-hydrogen) atoms. The van der Waals surface area contributed by atoms with Crippen molar-refractivity contribution in [3.8, 4) is 0 Å². The van der Waals surface area contributed by atoms with E-state index >= 15 is 0 Å². The third-order valence-corrected chi connectivity index (χ3v) is 5.38. The Labute approximate surface area is 209 Å². The van der Waals surface area contributed by atoms with E-state index in [-0.39, 0.29) is 12.5 Å².